The predicted octanol–water partition coefficient (Wildman–Crippen LogP) is 5.11. The standard InChI is InChI=1S/C28H43N5O3/c1-20-13-14-23(21(2)17-20)33-25(18-24(31-33)28(3,4)5)30-26(34)19-32(15-10-16-36-6)27(35)29-22-11-8-7-9-12-22/h13-14,17-18,22H,7-12,15-16,19H2,1-6H3,(H,29,35)(H,30,34). The second-order valence-electron chi connectivity index (χ2n) is 11.0. The van der Waals surface area contributed by atoms with E-state index in [1.54, 1.807) is 16.7 Å². The van der Waals surface area contributed by atoms with Crippen molar-refractivity contribution in [3.63, 3.8) is 0 Å². The number of nitrogens with one attached hydrogen (secondary N) is 2. The van der Waals surface area contributed by atoms with E-state index in [0.29, 0.717) is 25.4 Å². The number of ether oxygens (including phenoxy) is 1. The third kappa shape index (κ3) is 7.56. The highest BCUT2D eigenvalue weighted by atomic mass is 16.5. The molecule has 1 aromatic heterocycles. The van der Waals surface area contributed by atoms with E-state index >= 15 is 0 Å². The number of carbonyl (C=O) groups excluding carboxylic acids is 2. The second-order valence-corrected chi connectivity index (χ2v) is 11.0. The maximum absolute atomic E-state index is 13.2. The van der Waals surface area contributed by atoms with Gasteiger partial charge in [0.1, 0.15) is 12.4 Å². The van der Waals surface area contributed by atoms with E-state index in [4.69, 9.17) is 9.84 Å². The molecule has 3 amide bonds. The third-order valence-corrected chi connectivity index (χ3v) is 6.66. The predicted molar refractivity (Wildman–Crippen MR) is 144 cm³/mol. The van der Waals surface area contributed by atoms with Crippen LogP contribution >= 0.6 is 0 Å². The summed E-state index contributed by atoms with van der Waals surface area (Å²) in [5.74, 6) is 0.346. The summed E-state index contributed by atoms with van der Waals surface area (Å²) in [6.07, 6.45) is 6.14. The Morgan fingerprint density at radius 3 is 2.50 bits per heavy atom. The number of anilines is 1. The second kappa shape index (κ2) is 12.4. The fourth-order valence-corrected chi connectivity index (χ4v) is 4.58. The van der Waals surface area contributed by atoms with Crippen LogP contribution < -0.4 is 10.6 Å². The minimum absolute atomic E-state index is 0.0365. The molecule has 36 heavy (non-hydrogen) atoms. The normalized spacial score (nSPS) is 14.5. The van der Waals surface area contributed by atoms with Gasteiger partial charge in [-0.15, -0.1) is 0 Å². The van der Waals surface area contributed by atoms with Gasteiger partial charge in [0.25, 0.3) is 0 Å². The van der Waals surface area contributed by atoms with E-state index in [-0.39, 0.29) is 29.9 Å². The number of rotatable bonds is 9. The molecule has 0 saturated heterocycles. The Hall–Kier alpha value is -2.87. The molecule has 198 valence electrons. The molecule has 1 heterocycles. The van der Waals surface area contributed by atoms with E-state index in [1.165, 1.54) is 12.0 Å². The highest BCUT2D eigenvalue weighted by molar-refractivity contribution is 5.94. The Kier molecular flexibility index (Phi) is 9.54. The molecule has 2 N–H and O–H groups in total. The summed E-state index contributed by atoms with van der Waals surface area (Å²) in [6, 6.07) is 8.08. The molecule has 0 radical (unpaired) electrons. The van der Waals surface area contributed by atoms with Gasteiger partial charge >= 0.3 is 6.03 Å². The molecule has 1 fully saturated rings. The van der Waals surface area contributed by atoms with Crippen LogP contribution in [0.15, 0.2) is 24.3 Å². The van der Waals surface area contributed by atoms with Gasteiger partial charge < -0.3 is 20.3 Å². The van der Waals surface area contributed by atoms with Gasteiger partial charge in [-0.05, 0) is 44.7 Å². The third-order valence-electron chi connectivity index (χ3n) is 6.66. The topological polar surface area (TPSA) is 88.5 Å². The molecule has 0 unspecified atom stereocenters. The van der Waals surface area contributed by atoms with Crippen molar-refractivity contribution in [2.75, 3.05) is 32.1 Å². The average molecular weight is 498 g/mol. The number of benzene rings is 1. The number of aromatic nitrogens is 2. The lowest BCUT2D eigenvalue weighted by Crippen LogP contribution is -2.48. The van der Waals surface area contributed by atoms with Crippen molar-refractivity contribution in [1.82, 2.24) is 20.0 Å². The highest BCUT2D eigenvalue weighted by Gasteiger charge is 2.25. The van der Waals surface area contributed by atoms with Crippen LogP contribution in [0.25, 0.3) is 5.69 Å². The number of carbonyl (C=O) groups is 2. The number of nitrogens with zero attached hydrogens (tertiary/aromatic N) is 3. The first kappa shape index (κ1) is 27.7. The van der Waals surface area contributed by atoms with Crippen LogP contribution in [0, 0.1) is 13.8 Å². The van der Waals surface area contributed by atoms with Crippen LogP contribution in [0.4, 0.5) is 10.6 Å². The highest BCUT2D eigenvalue weighted by Crippen LogP contribution is 2.28. The zero-order valence-corrected chi connectivity index (χ0v) is 22.8. The Balaban J connectivity index is 1.79. The minimum Gasteiger partial charge on any atom is -0.385 e. The number of amides is 3. The van der Waals surface area contributed by atoms with Gasteiger partial charge in [0.15, 0.2) is 0 Å². The Bertz CT molecular complexity index is 1030. The largest absolute Gasteiger partial charge is 0.385 e. The molecule has 1 aromatic carbocycles. The number of hydrogen-bond acceptors (Lipinski definition) is 4. The Labute approximate surface area is 215 Å². The van der Waals surface area contributed by atoms with Crippen molar-refractivity contribution in [3.05, 3.63) is 41.1 Å². The van der Waals surface area contributed by atoms with Crippen LogP contribution in [0.2, 0.25) is 0 Å². The van der Waals surface area contributed by atoms with Crippen molar-refractivity contribution in [2.24, 2.45) is 0 Å². The van der Waals surface area contributed by atoms with Gasteiger partial charge in [-0.1, -0.05) is 57.7 Å². The smallest absolute Gasteiger partial charge is 0.318 e. The van der Waals surface area contributed by atoms with Gasteiger partial charge in [-0.3, -0.25) is 4.79 Å². The summed E-state index contributed by atoms with van der Waals surface area (Å²) in [7, 11) is 1.64. The molecular formula is C28H43N5O3. The maximum Gasteiger partial charge on any atom is 0.318 e. The summed E-state index contributed by atoms with van der Waals surface area (Å²) in [5, 5.41) is 11.0. The maximum atomic E-state index is 13.2. The first-order valence-electron chi connectivity index (χ1n) is 13.1. The molecular weight excluding hydrogens is 454 g/mol. The molecule has 0 aliphatic heterocycles. The van der Waals surface area contributed by atoms with Gasteiger partial charge in [-0.2, -0.15) is 5.10 Å². The van der Waals surface area contributed by atoms with Crippen LogP contribution in [0.3, 0.4) is 0 Å². The summed E-state index contributed by atoms with van der Waals surface area (Å²) >= 11 is 0. The Morgan fingerprint density at radius 2 is 1.86 bits per heavy atom. The summed E-state index contributed by atoms with van der Waals surface area (Å²) in [6.45, 7) is 11.3. The molecule has 0 bridgehead atoms. The fourth-order valence-electron chi connectivity index (χ4n) is 4.58. The molecule has 2 aromatic rings. The molecule has 1 aliphatic carbocycles. The molecule has 0 atom stereocenters. The van der Waals surface area contributed by atoms with E-state index in [9.17, 15) is 9.59 Å². The Morgan fingerprint density at radius 1 is 1.14 bits per heavy atom. The van der Waals surface area contributed by atoms with Crippen LogP contribution in [0.1, 0.15) is 76.1 Å². The number of urea groups is 1. The van der Waals surface area contributed by atoms with E-state index in [0.717, 1.165) is 42.6 Å². The molecule has 1 aliphatic rings. The fraction of sp³-hybridized carbons (Fsp3) is 0.607. The lowest BCUT2D eigenvalue weighted by Gasteiger charge is -2.28. The number of aryl methyl sites for hydroxylation is 2. The van der Waals surface area contributed by atoms with Gasteiger partial charge in [-0.25, -0.2) is 9.48 Å². The van der Waals surface area contributed by atoms with Crippen molar-refractivity contribution in [2.45, 2.75) is 84.6 Å². The van der Waals surface area contributed by atoms with E-state index in [1.807, 2.05) is 25.1 Å². The number of hydrogen-bond donors (Lipinski definition) is 2. The molecule has 1 saturated carbocycles. The quantitative estimate of drug-likeness (QED) is 0.472. The van der Waals surface area contributed by atoms with E-state index in [2.05, 4.69) is 44.4 Å². The average Bonchev–Trinajstić information content (AvgIpc) is 3.23. The zero-order chi connectivity index (χ0) is 26.3. The van der Waals surface area contributed by atoms with Crippen LogP contribution in [-0.2, 0) is 14.9 Å². The lowest BCUT2D eigenvalue weighted by molar-refractivity contribution is -0.116. The van der Waals surface area contributed by atoms with Crippen molar-refractivity contribution in [3.8, 4) is 5.69 Å². The van der Waals surface area contributed by atoms with Gasteiger partial charge in [0.2, 0.25) is 5.91 Å². The molecule has 3 rings (SSSR count). The number of methoxy groups -OCH3 is 1. The summed E-state index contributed by atoms with van der Waals surface area (Å²) < 4.78 is 6.97. The van der Waals surface area contributed by atoms with Crippen molar-refractivity contribution < 1.29 is 14.3 Å². The monoisotopic (exact) mass is 497 g/mol. The van der Waals surface area contributed by atoms with Gasteiger partial charge in [0.05, 0.1) is 11.4 Å². The molecule has 0 spiro atoms. The first-order valence-corrected chi connectivity index (χ1v) is 13.1. The molecule has 8 nitrogen and oxygen atoms in total. The lowest BCUT2D eigenvalue weighted by atomic mass is 9.92. The first-order chi connectivity index (χ1) is 17.1. The summed E-state index contributed by atoms with van der Waals surface area (Å²) in [4.78, 5) is 27.9. The summed E-state index contributed by atoms with van der Waals surface area (Å²) in [5.41, 5.74) is 3.85. The zero-order valence-electron chi connectivity index (χ0n) is 22.8. The van der Waals surface area contributed by atoms with Crippen LogP contribution in [-0.4, -0.2) is 59.5 Å². The van der Waals surface area contributed by atoms with Crippen molar-refractivity contribution in [1.29, 1.82) is 0 Å². The minimum atomic E-state index is -0.252. The SMILES string of the molecule is COCCCN(CC(=O)Nc1cc(C(C)(C)C)nn1-c1ccc(C)cc1C)C(=O)NC1CCCCC1. The van der Waals surface area contributed by atoms with Gasteiger partial charge in [0, 0.05) is 37.8 Å². The van der Waals surface area contributed by atoms with E-state index < -0.39 is 0 Å². The van der Waals surface area contributed by atoms with Crippen LogP contribution in [0.5, 0.6) is 0 Å². The molecule has 8 heteroatoms. The van der Waals surface area contributed by atoms with Crippen molar-refractivity contribution >= 4 is 17.8 Å².